The van der Waals surface area contributed by atoms with Crippen LogP contribution in [-0.2, 0) is 4.74 Å². The molecule has 0 saturated carbocycles. The van der Waals surface area contributed by atoms with Crippen molar-refractivity contribution in [3.05, 3.63) is 82.8 Å². The molecule has 7 heteroatoms. The molecule has 3 rings (SSSR count). The lowest BCUT2D eigenvalue weighted by Crippen LogP contribution is -2.15. The Kier molecular flexibility index (Phi) is 5.20. The predicted molar refractivity (Wildman–Crippen MR) is 94.5 cm³/mol. The van der Waals surface area contributed by atoms with E-state index in [4.69, 9.17) is 11.6 Å². The minimum Gasteiger partial charge on any atom is -0.464 e. The van der Waals surface area contributed by atoms with Crippen molar-refractivity contribution in [2.75, 3.05) is 12.4 Å². The molecule has 0 amide bonds. The molecule has 25 heavy (non-hydrogen) atoms. The third kappa shape index (κ3) is 4.10. The summed E-state index contributed by atoms with van der Waals surface area (Å²) in [5.74, 6) is -0.0292. The van der Waals surface area contributed by atoms with Crippen molar-refractivity contribution in [3.63, 3.8) is 0 Å². The lowest BCUT2D eigenvalue weighted by atomic mass is 10.0. The second-order valence-corrected chi connectivity index (χ2v) is 5.62. The zero-order valence-corrected chi connectivity index (χ0v) is 14.1. The number of carbonyl (C=O) groups is 1. The number of nitrogens with zero attached hydrogens (tertiary/aromatic N) is 3. The molecule has 2 aromatic heterocycles. The van der Waals surface area contributed by atoms with Crippen LogP contribution in [-0.4, -0.2) is 28.3 Å². The van der Waals surface area contributed by atoms with Gasteiger partial charge >= 0.3 is 5.97 Å². The van der Waals surface area contributed by atoms with Crippen LogP contribution in [0.15, 0.2) is 60.8 Å². The van der Waals surface area contributed by atoms with Crippen LogP contribution in [0.4, 0.5) is 5.82 Å². The van der Waals surface area contributed by atoms with Gasteiger partial charge in [0.1, 0.15) is 5.82 Å². The molecule has 1 atom stereocenters. The van der Waals surface area contributed by atoms with Gasteiger partial charge in [-0.05, 0) is 42.0 Å². The van der Waals surface area contributed by atoms with E-state index in [9.17, 15) is 4.79 Å². The topological polar surface area (TPSA) is 77.0 Å². The second kappa shape index (κ2) is 7.72. The van der Waals surface area contributed by atoms with Crippen LogP contribution in [0.5, 0.6) is 0 Å². The first-order valence-electron chi connectivity index (χ1n) is 7.52. The molecular weight excluding hydrogens is 340 g/mol. The second-order valence-electron chi connectivity index (χ2n) is 5.18. The molecule has 126 valence electrons. The quantitative estimate of drug-likeness (QED) is 0.706. The molecule has 2 heterocycles. The summed E-state index contributed by atoms with van der Waals surface area (Å²) in [6.45, 7) is 0. The van der Waals surface area contributed by atoms with Gasteiger partial charge in [-0.15, -0.1) is 10.2 Å². The summed E-state index contributed by atoms with van der Waals surface area (Å²) < 4.78 is 4.62. The van der Waals surface area contributed by atoms with Crippen LogP contribution < -0.4 is 5.32 Å². The van der Waals surface area contributed by atoms with Crippen LogP contribution in [0.3, 0.4) is 0 Å². The summed E-state index contributed by atoms with van der Waals surface area (Å²) in [7, 11) is 1.30. The van der Waals surface area contributed by atoms with Gasteiger partial charge in [-0.2, -0.15) is 0 Å². The molecule has 0 spiro atoms. The zero-order chi connectivity index (χ0) is 17.6. The summed E-state index contributed by atoms with van der Waals surface area (Å²) in [5.41, 5.74) is 1.89. The van der Waals surface area contributed by atoms with Crippen molar-refractivity contribution in [2.24, 2.45) is 0 Å². The number of hydrogen-bond acceptors (Lipinski definition) is 6. The first kappa shape index (κ1) is 16.9. The van der Waals surface area contributed by atoms with Gasteiger partial charge in [-0.3, -0.25) is 4.98 Å². The first-order valence-corrected chi connectivity index (χ1v) is 7.90. The van der Waals surface area contributed by atoms with Gasteiger partial charge in [-0.1, -0.05) is 29.8 Å². The number of aromatic nitrogens is 3. The van der Waals surface area contributed by atoms with E-state index >= 15 is 0 Å². The Labute approximate surface area is 149 Å². The van der Waals surface area contributed by atoms with E-state index in [0.717, 1.165) is 11.3 Å². The number of halogens is 1. The molecule has 0 saturated heterocycles. The molecule has 1 aromatic carbocycles. The molecule has 3 aromatic rings. The van der Waals surface area contributed by atoms with Crippen molar-refractivity contribution in [3.8, 4) is 0 Å². The fraction of sp³-hybridized carbons (Fsp3) is 0.111. The highest BCUT2D eigenvalue weighted by Gasteiger charge is 2.17. The van der Waals surface area contributed by atoms with Crippen molar-refractivity contribution < 1.29 is 9.53 Å². The molecule has 0 bridgehead atoms. The standard InChI is InChI=1S/C18H15ClN4O2/c1-25-18(24)15-8-9-16(23-22-15)21-17(14-7-2-3-10-20-14)12-5-4-6-13(19)11-12/h2-11,17H,1H3,(H,21,23). The Morgan fingerprint density at radius 2 is 2.00 bits per heavy atom. The molecule has 1 unspecified atom stereocenters. The Hall–Kier alpha value is -2.99. The third-order valence-corrected chi connectivity index (χ3v) is 3.75. The van der Waals surface area contributed by atoms with E-state index in [2.05, 4.69) is 25.2 Å². The smallest absolute Gasteiger partial charge is 0.358 e. The number of rotatable bonds is 5. The van der Waals surface area contributed by atoms with Crippen LogP contribution in [0, 0.1) is 0 Å². The Bertz CT molecular complexity index is 856. The predicted octanol–water partition coefficient (Wildman–Crippen LogP) is 3.51. The number of esters is 1. The number of methoxy groups -OCH3 is 1. The van der Waals surface area contributed by atoms with E-state index in [0.29, 0.717) is 10.8 Å². The lowest BCUT2D eigenvalue weighted by molar-refractivity contribution is 0.0593. The maximum Gasteiger partial charge on any atom is 0.358 e. The van der Waals surface area contributed by atoms with Crippen LogP contribution >= 0.6 is 11.6 Å². The van der Waals surface area contributed by atoms with Gasteiger partial charge in [-0.25, -0.2) is 4.79 Å². The highest BCUT2D eigenvalue weighted by Crippen LogP contribution is 2.26. The van der Waals surface area contributed by atoms with E-state index in [1.165, 1.54) is 7.11 Å². The minimum atomic E-state index is -0.532. The Morgan fingerprint density at radius 1 is 1.12 bits per heavy atom. The number of anilines is 1. The minimum absolute atomic E-state index is 0.144. The van der Waals surface area contributed by atoms with Crippen molar-refractivity contribution >= 4 is 23.4 Å². The molecule has 0 aliphatic rings. The van der Waals surface area contributed by atoms with Gasteiger partial charge in [0.2, 0.25) is 0 Å². The number of ether oxygens (including phenoxy) is 1. The average Bonchev–Trinajstić information content (AvgIpc) is 2.66. The Balaban J connectivity index is 1.91. The van der Waals surface area contributed by atoms with Gasteiger partial charge < -0.3 is 10.1 Å². The molecule has 1 N–H and O–H groups in total. The lowest BCUT2D eigenvalue weighted by Gasteiger charge is -2.19. The third-order valence-electron chi connectivity index (χ3n) is 3.52. The van der Waals surface area contributed by atoms with Gasteiger partial charge in [0.25, 0.3) is 0 Å². The molecule has 0 fully saturated rings. The maximum absolute atomic E-state index is 11.5. The molecule has 6 nitrogen and oxygen atoms in total. The van der Waals surface area contributed by atoms with E-state index in [1.807, 2.05) is 42.5 Å². The number of nitrogens with one attached hydrogen (secondary N) is 1. The number of hydrogen-bond donors (Lipinski definition) is 1. The molecule has 0 aliphatic heterocycles. The molecule has 0 aliphatic carbocycles. The summed E-state index contributed by atoms with van der Waals surface area (Å²) in [5, 5.41) is 11.8. The number of pyridine rings is 1. The van der Waals surface area contributed by atoms with Crippen LogP contribution in [0.1, 0.15) is 27.8 Å². The molecular formula is C18H15ClN4O2. The highest BCUT2D eigenvalue weighted by molar-refractivity contribution is 6.30. The van der Waals surface area contributed by atoms with Crippen molar-refractivity contribution in [1.29, 1.82) is 0 Å². The highest BCUT2D eigenvalue weighted by atomic mass is 35.5. The van der Waals surface area contributed by atoms with E-state index in [1.54, 1.807) is 18.3 Å². The van der Waals surface area contributed by atoms with Gasteiger partial charge in [0.05, 0.1) is 18.8 Å². The Morgan fingerprint density at radius 3 is 2.64 bits per heavy atom. The fourth-order valence-electron chi connectivity index (χ4n) is 2.33. The number of carbonyl (C=O) groups excluding carboxylic acids is 1. The molecule has 0 radical (unpaired) electrons. The van der Waals surface area contributed by atoms with E-state index < -0.39 is 5.97 Å². The zero-order valence-electron chi connectivity index (χ0n) is 13.4. The number of benzene rings is 1. The summed E-state index contributed by atoms with van der Waals surface area (Å²) in [6, 6.07) is 16.1. The summed E-state index contributed by atoms with van der Waals surface area (Å²) in [4.78, 5) is 15.9. The average molecular weight is 355 g/mol. The fourth-order valence-corrected chi connectivity index (χ4v) is 2.53. The van der Waals surface area contributed by atoms with Crippen molar-refractivity contribution in [2.45, 2.75) is 6.04 Å². The van der Waals surface area contributed by atoms with E-state index in [-0.39, 0.29) is 11.7 Å². The normalized spacial score (nSPS) is 11.6. The van der Waals surface area contributed by atoms with Crippen molar-refractivity contribution in [1.82, 2.24) is 15.2 Å². The maximum atomic E-state index is 11.5. The summed E-state index contributed by atoms with van der Waals surface area (Å²) in [6.07, 6.45) is 1.72. The first-order chi connectivity index (χ1) is 12.2. The summed E-state index contributed by atoms with van der Waals surface area (Å²) >= 11 is 6.12. The monoisotopic (exact) mass is 354 g/mol. The van der Waals surface area contributed by atoms with Gasteiger partial charge in [0.15, 0.2) is 5.69 Å². The van der Waals surface area contributed by atoms with Crippen LogP contribution in [0.2, 0.25) is 5.02 Å². The van der Waals surface area contributed by atoms with Crippen LogP contribution in [0.25, 0.3) is 0 Å². The van der Waals surface area contributed by atoms with Gasteiger partial charge in [0, 0.05) is 11.2 Å². The SMILES string of the molecule is COC(=O)c1ccc(NC(c2cccc(Cl)c2)c2ccccn2)nn1. The largest absolute Gasteiger partial charge is 0.464 e.